The van der Waals surface area contributed by atoms with E-state index in [-0.39, 0.29) is 0 Å². The maximum Gasteiger partial charge on any atom is 0.0775 e. The molecule has 0 N–H and O–H groups in total. The fraction of sp³-hybridized carbons (Fsp3) is 0.714. The van der Waals surface area contributed by atoms with Crippen molar-refractivity contribution in [2.75, 3.05) is 0 Å². The first-order valence-corrected chi connectivity index (χ1v) is 13.1. The first-order valence-electron chi connectivity index (χ1n) is 9.63. The van der Waals surface area contributed by atoms with Crippen LogP contribution in [0.5, 0.6) is 0 Å². The number of benzene rings is 1. The van der Waals surface area contributed by atoms with Crippen molar-refractivity contribution in [3.05, 3.63) is 29.8 Å². The Hall–Kier alpha value is -0.563. The van der Waals surface area contributed by atoms with E-state index in [0.29, 0.717) is 0 Å². The average molecular weight is 319 g/mol. The molecule has 0 saturated carbocycles. The van der Waals surface area contributed by atoms with Crippen molar-refractivity contribution in [2.45, 2.75) is 97.2 Å². The summed E-state index contributed by atoms with van der Waals surface area (Å²) in [6.07, 6.45) is 15.5. The van der Waals surface area contributed by atoms with Gasteiger partial charge in [-0.15, -0.1) is 0 Å². The third-order valence-corrected chi connectivity index (χ3v) is 6.70. The van der Waals surface area contributed by atoms with Crippen LogP contribution in [0.3, 0.4) is 0 Å². The molecule has 0 aliphatic rings. The monoisotopic (exact) mass is 318 g/mol. The number of rotatable bonds is 12. The highest BCUT2D eigenvalue weighted by Gasteiger charge is 2.15. The Morgan fingerprint density at radius 3 is 1.55 bits per heavy atom. The molecule has 0 atom stereocenters. The predicted octanol–water partition coefficient (Wildman–Crippen LogP) is 6.70. The minimum absolute atomic E-state index is 1.12. The van der Waals surface area contributed by atoms with Gasteiger partial charge in [0.15, 0.2) is 0 Å². The Morgan fingerprint density at radius 1 is 0.636 bits per heavy atom. The molecule has 0 bridgehead atoms. The van der Waals surface area contributed by atoms with Crippen LogP contribution >= 0.6 is 0 Å². The topological polar surface area (TPSA) is 0 Å². The van der Waals surface area contributed by atoms with Crippen LogP contribution in [0.15, 0.2) is 24.3 Å². The van der Waals surface area contributed by atoms with Gasteiger partial charge in [-0.25, -0.2) is 0 Å². The smallest absolute Gasteiger partial charge is 0.0656 e. The Kier molecular flexibility index (Phi) is 9.78. The molecule has 0 unspecified atom stereocenters. The minimum Gasteiger partial charge on any atom is -0.0656 e. The van der Waals surface area contributed by atoms with E-state index in [2.05, 4.69) is 50.8 Å². The number of hydrogen-bond acceptors (Lipinski definition) is 0. The molecule has 0 aliphatic heterocycles. The number of unbranched alkanes of at least 4 members (excludes halogenated alkanes) is 9. The van der Waals surface area contributed by atoms with E-state index in [1.54, 1.807) is 5.19 Å². The fourth-order valence-electron chi connectivity index (χ4n) is 2.99. The Labute approximate surface area is 140 Å². The largest absolute Gasteiger partial charge is 0.0775 e. The summed E-state index contributed by atoms with van der Waals surface area (Å²) in [5.41, 5.74) is 1.53. The molecule has 0 radical (unpaired) electrons. The summed E-state index contributed by atoms with van der Waals surface area (Å²) in [7, 11) is -1.12. The van der Waals surface area contributed by atoms with Crippen molar-refractivity contribution >= 4 is 13.3 Å². The van der Waals surface area contributed by atoms with Crippen LogP contribution in [0.1, 0.15) is 76.7 Å². The third-order valence-electron chi connectivity index (χ3n) is 4.64. The quantitative estimate of drug-likeness (QED) is 0.297. The SMILES string of the molecule is CCCCCCCCCCCCc1ccc([Si](C)(C)C)cc1. The second-order valence-electron chi connectivity index (χ2n) is 7.88. The van der Waals surface area contributed by atoms with Crippen molar-refractivity contribution in [3.8, 4) is 0 Å². The Balaban J connectivity index is 2.03. The molecule has 1 aromatic rings. The number of aryl methyl sites for hydroxylation is 1. The first kappa shape index (κ1) is 19.5. The lowest BCUT2D eigenvalue weighted by Gasteiger charge is -2.16. The van der Waals surface area contributed by atoms with Gasteiger partial charge in [0.1, 0.15) is 0 Å². The molecule has 22 heavy (non-hydrogen) atoms. The van der Waals surface area contributed by atoms with Crippen LogP contribution in [0, 0.1) is 0 Å². The van der Waals surface area contributed by atoms with Crippen molar-refractivity contribution in [2.24, 2.45) is 0 Å². The maximum atomic E-state index is 2.42. The van der Waals surface area contributed by atoms with E-state index >= 15 is 0 Å². The molecule has 0 nitrogen and oxygen atoms in total. The van der Waals surface area contributed by atoms with E-state index in [9.17, 15) is 0 Å². The normalized spacial score (nSPS) is 11.8. The molecule has 0 amide bonds. The van der Waals surface area contributed by atoms with Gasteiger partial charge < -0.3 is 0 Å². The predicted molar refractivity (Wildman–Crippen MR) is 105 cm³/mol. The van der Waals surface area contributed by atoms with Crippen LogP contribution in [-0.4, -0.2) is 8.07 Å². The van der Waals surface area contributed by atoms with Crippen LogP contribution in [-0.2, 0) is 6.42 Å². The Morgan fingerprint density at radius 2 is 1.09 bits per heavy atom. The summed E-state index contributed by atoms with van der Waals surface area (Å²) in [4.78, 5) is 0. The minimum atomic E-state index is -1.12. The highest BCUT2D eigenvalue weighted by atomic mass is 28.3. The van der Waals surface area contributed by atoms with E-state index in [1.807, 2.05) is 0 Å². The van der Waals surface area contributed by atoms with E-state index < -0.39 is 8.07 Å². The van der Waals surface area contributed by atoms with Gasteiger partial charge in [-0.3, -0.25) is 0 Å². The summed E-state index contributed by atoms with van der Waals surface area (Å²) in [5.74, 6) is 0. The second kappa shape index (κ2) is 11.0. The van der Waals surface area contributed by atoms with Crippen molar-refractivity contribution in [3.63, 3.8) is 0 Å². The third kappa shape index (κ3) is 8.78. The van der Waals surface area contributed by atoms with Gasteiger partial charge in [-0.05, 0) is 18.4 Å². The molecule has 0 saturated heterocycles. The molecule has 0 fully saturated rings. The highest BCUT2D eigenvalue weighted by Crippen LogP contribution is 2.12. The highest BCUT2D eigenvalue weighted by molar-refractivity contribution is 6.88. The summed E-state index contributed by atoms with van der Waals surface area (Å²) >= 11 is 0. The molecule has 1 heteroatoms. The molecule has 1 aromatic carbocycles. The van der Waals surface area contributed by atoms with Crippen molar-refractivity contribution in [1.29, 1.82) is 0 Å². The molecular formula is C21H38Si. The van der Waals surface area contributed by atoms with Crippen molar-refractivity contribution < 1.29 is 0 Å². The average Bonchev–Trinajstić information content (AvgIpc) is 2.49. The van der Waals surface area contributed by atoms with Crippen LogP contribution in [0.4, 0.5) is 0 Å². The van der Waals surface area contributed by atoms with Gasteiger partial charge in [-0.1, -0.05) is 114 Å². The van der Waals surface area contributed by atoms with Gasteiger partial charge >= 0.3 is 0 Å². The summed E-state index contributed by atoms with van der Waals surface area (Å²) < 4.78 is 0. The molecule has 0 aliphatic carbocycles. The van der Waals surface area contributed by atoms with Gasteiger partial charge in [-0.2, -0.15) is 0 Å². The molecule has 0 aromatic heterocycles. The molecule has 0 spiro atoms. The summed E-state index contributed by atoms with van der Waals surface area (Å²) in [6.45, 7) is 9.55. The standard InChI is InChI=1S/C21H38Si/c1-5-6-7-8-9-10-11-12-13-14-15-20-16-18-21(19-17-20)22(2,3)4/h16-19H,5-15H2,1-4H3. The molecular weight excluding hydrogens is 280 g/mol. The zero-order chi connectivity index (χ0) is 16.3. The molecule has 126 valence electrons. The van der Waals surface area contributed by atoms with E-state index in [1.165, 1.54) is 76.2 Å². The lowest BCUT2D eigenvalue weighted by molar-refractivity contribution is 0.556. The zero-order valence-electron chi connectivity index (χ0n) is 15.6. The van der Waals surface area contributed by atoms with E-state index in [4.69, 9.17) is 0 Å². The second-order valence-corrected chi connectivity index (χ2v) is 13.0. The molecule has 0 heterocycles. The fourth-order valence-corrected chi connectivity index (χ4v) is 4.15. The Bertz CT molecular complexity index is 372. The van der Waals surface area contributed by atoms with Gasteiger partial charge in [0.05, 0.1) is 8.07 Å². The lowest BCUT2D eigenvalue weighted by atomic mass is 10.0. The van der Waals surface area contributed by atoms with Crippen LogP contribution < -0.4 is 5.19 Å². The maximum absolute atomic E-state index is 2.42. The van der Waals surface area contributed by atoms with Gasteiger partial charge in [0.25, 0.3) is 0 Å². The summed E-state index contributed by atoms with van der Waals surface area (Å²) in [5, 5.41) is 1.58. The van der Waals surface area contributed by atoms with Crippen molar-refractivity contribution in [1.82, 2.24) is 0 Å². The molecule has 1 rings (SSSR count). The first-order chi connectivity index (χ1) is 10.5. The van der Waals surface area contributed by atoms with Gasteiger partial charge in [0.2, 0.25) is 0 Å². The lowest BCUT2D eigenvalue weighted by Crippen LogP contribution is -2.37. The van der Waals surface area contributed by atoms with Crippen LogP contribution in [0.2, 0.25) is 19.6 Å². The summed E-state index contributed by atoms with van der Waals surface area (Å²) in [6, 6.07) is 9.47. The van der Waals surface area contributed by atoms with Crippen LogP contribution in [0.25, 0.3) is 0 Å². The number of hydrogen-bond donors (Lipinski definition) is 0. The van der Waals surface area contributed by atoms with Gasteiger partial charge in [0, 0.05) is 0 Å². The van der Waals surface area contributed by atoms with E-state index in [0.717, 1.165) is 0 Å². The zero-order valence-corrected chi connectivity index (χ0v) is 16.6.